The van der Waals surface area contributed by atoms with Gasteiger partial charge in [0.1, 0.15) is 0 Å². The Morgan fingerprint density at radius 1 is 0.722 bits per heavy atom. The van der Waals surface area contributed by atoms with Crippen LogP contribution in [0, 0.1) is 0 Å². The van der Waals surface area contributed by atoms with E-state index in [9.17, 15) is 5.11 Å². The molecule has 0 aliphatic carbocycles. The summed E-state index contributed by atoms with van der Waals surface area (Å²) in [5, 5.41) is 9.93. The van der Waals surface area contributed by atoms with Crippen molar-refractivity contribution in [3.05, 3.63) is 60.7 Å². The summed E-state index contributed by atoms with van der Waals surface area (Å²) in [6.07, 6.45) is -0.277. The molecule has 0 aliphatic heterocycles. The molecule has 18 heavy (non-hydrogen) atoms. The lowest BCUT2D eigenvalue weighted by Crippen LogP contribution is -2.12. The lowest BCUT2D eigenvalue weighted by Gasteiger charge is -2.09. The molecular formula is C15H16OS2. The van der Waals surface area contributed by atoms with Gasteiger partial charge in [-0.15, -0.1) is 23.5 Å². The van der Waals surface area contributed by atoms with E-state index in [4.69, 9.17) is 0 Å². The first-order valence-electron chi connectivity index (χ1n) is 5.88. The van der Waals surface area contributed by atoms with E-state index in [-0.39, 0.29) is 6.10 Å². The normalized spacial score (nSPS) is 10.8. The highest BCUT2D eigenvalue weighted by atomic mass is 32.2. The van der Waals surface area contributed by atoms with Crippen LogP contribution in [0.3, 0.4) is 0 Å². The predicted octanol–water partition coefficient (Wildman–Crippen LogP) is 3.93. The average molecular weight is 276 g/mol. The zero-order valence-corrected chi connectivity index (χ0v) is 11.7. The topological polar surface area (TPSA) is 20.2 Å². The van der Waals surface area contributed by atoms with Crippen molar-refractivity contribution in [1.82, 2.24) is 0 Å². The number of hydrogen-bond acceptors (Lipinski definition) is 3. The molecule has 2 aromatic rings. The molecule has 0 atom stereocenters. The fraction of sp³-hybridized carbons (Fsp3) is 0.200. The van der Waals surface area contributed by atoms with Gasteiger partial charge in [0.15, 0.2) is 0 Å². The lowest BCUT2D eigenvalue weighted by atomic mass is 10.4. The number of aliphatic hydroxyl groups is 1. The van der Waals surface area contributed by atoms with Crippen molar-refractivity contribution in [3.8, 4) is 0 Å². The van der Waals surface area contributed by atoms with Gasteiger partial charge < -0.3 is 5.11 Å². The van der Waals surface area contributed by atoms with E-state index in [1.54, 1.807) is 23.5 Å². The van der Waals surface area contributed by atoms with Crippen LogP contribution in [0.2, 0.25) is 0 Å². The quantitative estimate of drug-likeness (QED) is 0.807. The first-order valence-corrected chi connectivity index (χ1v) is 7.85. The Bertz CT molecular complexity index is 401. The van der Waals surface area contributed by atoms with Gasteiger partial charge in [0.25, 0.3) is 0 Å². The summed E-state index contributed by atoms with van der Waals surface area (Å²) < 4.78 is 0. The molecule has 0 amide bonds. The minimum atomic E-state index is -0.277. The van der Waals surface area contributed by atoms with Gasteiger partial charge in [0.05, 0.1) is 6.10 Å². The second-order valence-corrected chi connectivity index (χ2v) is 6.09. The minimum Gasteiger partial charge on any atom is -0.391 e. The van der Waals surface area contributed by atoms with E-state index < -0.39 is 0 Å². The summed E-state index contributed by atoms with van der Waals surface area (Å²) in [5.74, 6) is 1.48. The fourth-order valence-electron chi connectivity index (χ4n) is 1.47. The number of aliphatic hydroxyl groups excluding tert-OH is 1. The molecule has 2 rings (SSSR count). The molecule has 0 spiro atoms. The van der Waals surface area contributed by atoms with Crippen molar-refractivity contribution in [1.29, 1.82) is 0 Å². The minimum absolute atomic E-state index is 0.277. The smallest absolute Gasteiger partial charge is 0.0727 e. The molecular weight excluding hydrogens is 260 g/mol. The highest BCUT2D eigenvalue weighted by molar-refractivity contribution is 8.00. The number of hydrogen-bond donors (Lipinski definition) is 1. The zero-order valence-electron chi connectivity index (χ0n) is 10.0. The third-order valence-corrected chi connectivity index (χ3v) is 4.69. The summed E-state index contributed by atoms with van der Waals surface area (Å²) >= 11 is 3.40. The van der Waals surface area contributed by atoms with E-state index in [0.29, 0.717) is 0 Å². The van der Waals surface area contributed by atoms with Gasteiger partial charge in [-0.2, -0.15) is 0 Å². The third kappa shape index (κ3) is 4.77. The van der Waals surface area contributed by atoms with Crippen LogP contribution in [0.5, 0.6) is 0 Å². The van der Waals surface area contributed by atoms with Crippen LogP contribution in [0.15, 0.2) is 70.5 Å². The first-order chi connectivity index (χ1) is 8.84. The number of rotatable bonds is 6. The molecule has 0 radical (unpaired) electrons. The van der Waals surface area contributed by atoms with Gasteiger partial charge in [0.2, 0.25) is 0 Å². The van der Waals surface area contributed by atoms with Crippen molar-refractivity contribution < 1.29 is 5.11 Å². The van der Waals surface area contributed by atoms with Crippen LogP contribution in [-0.2, 0) is 0 Å². The molecule has 0 heterocycles. The molecule has 0 aromatic heterocycles. The lowest BCUT2D eigenvalue weighted by molar-refractivity contribution is 0.225. The van der Waals surface area contributed by atoms with Crippen LogP contribution in [0.25, 0.3) is 0 Å². The Labute approximate surface area is 117 Å². The summed E-state index contributed by atoms with van der Waals surface area (Å²) in [6.45, 7) is 0. The SMILES string of the molecule is OC(CSc1ccccc1)CSc1ccccc1. The van der Waals surface area contributed by atoms with Crippen molar-refractivity contribution in [2.24, 2.45) is 0 Å². The molecule has 0 aliphatic rings. The molecule has 0 saturated carbocycles. The Hall–Kier alpha value is -0.900. The Morgan fingerprint density at radius 2 is 1.11 bits per heavy atom. The van der Waals surface area contributed by atoms with E-state index >= 15 is 0 Å². The zero-order chi connectivity index (χ0) is 12.6. The largest absolute Gasteiger partial charge is 0.391 e. The summed E-state index contributed by atoms with van der Waals surface area (Å²) in [6, 6.07) is 20.4. The molecule has 0 bridgehead atoms. The van der Waals surface area contributed by atoms with E-state index in [2.05, 4.69) is 24.3 Å². The van der Waals surface area contributed by atoms with Gasteiger partial charge in [-0.25, -0.2) is 0 Å². The average Bonchev–Trinajstić information content (AvgIpc) is 2.45. The number of thioether (sulfide) groups is 2. The fourth-order valence-corrected chi connectivity index (χ4v) is 3.32. The van der Waals surface area contributed by atoms with Crippen LogP contribution in [0.1, 0.15) is 0 Å². The molecule has 2 aromatic carbocycles. The number of benzene rings is 2. The molecule has 0 fully saturated rings. The van der Waals surface area contributed by atoms with Crippen molar-refractivity contribution in [2.45, 2.75) is 15.9 Å². The van der Waals surface area contributed by atoms with Gasteiger partial charge in [-0.3, -0.25) is 0 Å². The van der Waals surface area contributed by atoms with Crippen molar-refractivity contribution >= 4 is 23.5 Å². The van der Waals surface area contributed by atoms with Crippen molar-refractivity contribution in [3.63, 3.8) is 0 Å². The standard InChI is InChI=1S/C15H16OS2/c16-13(11-17-14-7-3-1-4-8-14)12-18-15-9-5-2-6-10-15/h1-10,13,16H,11-12H2. The first kappa shape index (κ1) is 13.5. The van der Waals surface area contributed by atoms with Crippen molar-refractivity contribution in [2.75, 3.05) is 11.5 Å². The molecule has 1 N–H and O–H groups in total. The van der Waals surface area contributed by atoms with Gasteiger partial charge in [-0.05, 0) is 24.3 Å². The summed E-state index contributed by atoms with van der Waals surface area (Å²) in [7, 11) is 0. The van der Waals surface area contributed by atoms with Crippen LogP contribution in [-0.4, -0.2) is 22.7 Å². The highest BCUT2D eigenvalue weighted by Gasteiger charge is 2.05. The third-order valence-electron chi connectivity index (χ3n) is 2.37. The van der Waals surface area contributed by atoms with E-state index in [1.807, 2.05) is 36.4 Å². The van der Waals surface area contributed by atoms with Crippen LogP contribution < -0.4 is 0 Å². The van der Waals surface area contributed by atoms with Gasteiger partial charge in [0, 0.05) is 21.3 Å². The Kier molecular flexibility index (Phi) is 5.65. The maximum absolute atomic E-state index is 9.93. The summed E-state index contributed by atoms with van der Waals surface area (Å²) in [4.78, 5) is 2.42. The Morgan fingerprint density at radius 3 is 1.50 bits per heavy atom. The molecule has 1 nitrogen and oxygen atoms in total. The Balaban J connectivity index is 1.71. The van der Waals surface area contributed by atoms with Gasteiger partial charge >= 0.3 is 0 Å². The van der Waals surface area contributed by atoms with E-state index in [1.165, 1.54) is 9.79 Å². The maximum atomic E-state index is 9.93. The molecule has 0 saturated heterocycles. The monoisotopic (exact) mass is 276 g/mol. The molecule has 3 heteroatoms. The molecule has 94 valence electrons. The second-order valence-electron chi connectivity index (χ2n) is 3.90. The maximum Gasteiger partial charge on any atom is 0.0727 e. The van der Waals surface area contributed by atoms with Gasteiger partial charge in [-0.1, -0.05) is 36.4 Å². The summed E-state index contributed by atoms with van der Waals surface area (Å²) in [5.41, 5.74) is 0. The predicted molar refractivity (Wildman–Crippen MR) is 80.3 cm³/mol. The second kappa shape index (κ2) is 7.52. The molecule has 0 unspecified atom stereocenters. The van der Waals surface area contributed by atoms with E-state index in [0.717, 1.165) is 11.5 Å². The highest BCUT2D eigenvalue weighted by Crippen LogP contribution is 2.22. The van der Waals surface area contributed by atoms with Crippen LogP contribution >= 0.6 is 23.5 Å². The van der Waals surface area contributed by atoms with Crippen LogP contribution in [0.4, 0.5) is 0 Å².